The number of hydrogen-bond donors (Lipinski definition) is 1. The summed E-state index contributed by atoms with van der Waals surface area (Å²) < 4.78 is 2.41. The fourth-order valence-corrected chi connectivity index (χ4v) is 1.97. The highest BCUT2D eigenvalue weighted by Gasteiger charge is 2.09. The first-order valence-corrected chi connectivity index (χ1v) is 5.59. The number of nitrogens with two attached hydrogens (primary N) is 1. The Balaban J connectivity index is 2.29. The molecule has 0 unspecified atom stereocenters. The molecule has 0 saturated heterocycles. The molecule has 2 aromatic rings. The van der Waals surface area contributed by atoms with Crippen LogP contribution >= 0.6 is 27.7 Å². The standard InChI is InChI=1S/C7H7BrN6S/c1-14-7(11-12-13-14)15-6-5(9)2-4(8)3-10-6/h2-3H,9H2,1H3. The van der Waals surface area contributed by atoms with E-state index in [2.05, 4.69) is 36.4 Å². The van der Waals surface area contributed by atoms with E-state index in [0.29, 0.717) is 15.9 Å². The van der Waals surface area contributed by atoms with Crippen molar-refractivity contribution in [3.8, 4) is 0 Å². The monoisotopic (exact) mass is 286 g/mol. The van der Waals surface area contributed by atoms with Gasteiger partial charge in [0.1, 0.15) is 5.03 Å². The van der Waals surface area contributed by atoms with E-state index in [1.807, 2.05) is 0 Å². The Bertz CT molecular complexity index is 484. The summed E-state index contributed by atoms with van der Waals surface area (Å²) in [6.45, 7) is 0. The first-order valence-electron chi connectivity index (χ1n) is 3.98. The van der Waals surface area contributed by atoms with E-state index in [0.717, 1.165) is 4.47 Å². The summed E-state index contributed by atoms with van der Waals surface area (Å²) >= 11 is 4.62. The number of nitrogens with zero attached hydrogens (tertiary/aromatic N) is 5. The van der Waals surface area contributed by atoms with Gasteiger partial charge in [-0.3, -0.25) is 0 Å². The van der Waals surface area contributed by atoms with Crippen molar-refractivity contribution in [1.29, 1.82) is 0 Å². The number of aromatic nitrogens is 5. The van der Waals surface area contributed by atoms with Crippen LogP contribution in [-0.4, -0.2) is 25.2 Å². The zero-order valence-electron chi connectivity index (χ0n) is 7.75. The maximum absolute atomic E-state index is 5.80. The third-order valence-electron chi connectivity index (χ3n) is 1.61. The predicted molar refractivity (Wildman–Crippen MR) is 59.3 cm³/mol. The smallest absolute Gasteiger partial charge is 0.215 e. The Labute approximate surface area is 98.4 Å². The Morgan fingerprint density at radius 3 is 2.93 bits per heavy atom. The number of hydrogen-bond acceptors (Lipinski definition) is 6. The fraction of sp³-hybridized carbons (Fsp3) is 0.143. The van der Waals surface area contributed by atoms with Gasteiger partial charge in [0.2, 0.25) is 5.16 Å². The quantitative estimate of drug-likeness (QED) is 0.890. The van der Waals surface area contributed by atoms with E-state index in [9.17, 15) is 0 Å². The van der Waals surface area contributed by atoms with E-state index in [-0.39, 0.29) is 0 Å². The molecule has 0 fully saturated rings. The van der Waals surface area contributed by atoms with E-state index in [1.54, 1.807) is 24.0 Å². The summed E-state index contributed by atoms with van der Waals surface area (Å²) in [4.78, 5) is 4.18. The van der Waals surface area contributed by atoms with Crippen molar-refractivity contribution in [2.45, 2.75) is 10.2 Å². The van der Waals surface area contributed by atoms with Crippen LogP contribution in [0.1, 0.15) is 0 Å². The van der Waals surface area contributed by atoms with Crippen LogP contribution in [0, 0.1) is 0 Å². The lowest BCUT2D eigenvalue weighted by molar-refractivity contribution is 0.664. The van der Waals surface area contributed by atoms with Gasteiger partial charge < -0.3 is 5.73 Å². The highest BCUT2D eigenvalue weighted by atomic mass is 79.9. The number of nitrogen functional groups attached to an aromatic ring is 1. The van der Waals surface area contributed by atoms with Crippen LogP contribution in [0.2, 0.25) is 0 Å². The van der Waals surface area contributed by atoms with Gasteiger partial charge in [0.25, 0.3) is 0 Å². The van der Waals surface area contributed by atoms with Crippen molar-refractivity contribution in [3.63, 3.8) is 0 Å². The predicted octanol–water partition coefficient (Wildman–Crippen LogP) is 1.10. The average molecular weight is 287 g/mol. The van der Waals surface area contributed by atoms with Gasteiger partial charge in [0.15, 0.2) is 0 Å². The third kappa shape index (κ3) is 2.26. The van der Waals surface area contributed by atoms with Gasteiger partial charge in [0, 0.05) is 17.7 Å². The summed E-state index contributed by atoms with van der Waals surface area (Å²) in [6, 6.07) is 1.79. The molecule has 0 atom stereocenters. The second kappa shape index (κ2) is 4.15. The van der Waals surface area contributed by atoms with Gasteiger partial charge in [-0.15, -0.1) is 5.10 Å². The SMILES string of the molecule is Cn1nnnc1Sc1ncc(Br)cc1N. The molecule has 0 radical (unpaired) electrons. The fourth-order valence-electron chi connectivity index (χ4n) is 0.922. The van der Waals surface area contributed by atoms with Crippen LogP contribution < -0.4 is 5.73 Å². The number of tetrazole rings is 1. The Hall–Kier alpha value is -1.15. The molecule has 0 amide bonds. The van der Waals surface area contributed by atoms with Crippen molar-refractivity contribution in [2.24, 2.45) is 7.05 Å². The van der Waals surface area contributed by atoms with Gasteiger partial charge in [-0.1, -0.05) is 0 Å². The number of rotatable bonds is 2. The van der Waals surface area contributed by atoms with Crippen LogP contribution in [0.4, 0.5) is 5.69 Å². The lowest BCUT2D eigenvalue weighted by Gasteiger charge is -2.02. The van der Waals surface area contributed by atoms with Crippen molar-refractivity contribution in [3.05, 3.63) is 16.7 Å². The van der Waals surface area contributed by atoms with E-state index in [1.165, 1.54) is 11.8 Å². The minimum Gasteiger partial charge on any atom is -0.396 e. The molecule has 8 heteroatoms. The molecule has 0 aliphatic heterocycles. The van der Waals surface area contributed by atoms with Gasteiger partial charge >= 0.3 is 0 Å². The van der Waals surface area contributed by atoms with E-state index >= 15 is 0 Å². The van der Waals surface area contributed by atoms with Crippen molar-refractivity contribution < 1.29 is 0 Å². The molecule has 2 rings (SSSR count). The first-order chi connectivity index (χ1) is 7.16. The maximum atomic E-state index is 5.80. The number of halogens is 1. The number of pyridine rings is 1. The first kappa shape index (κ1) is 10.4. The van der Waals surface area contributed by atoms with Crippen LogP contribution in [0.3, 0.4) is 0 Å². The topological polar surface area (TPSA) is 82.5 Å². The van der Waals surface area contributed by atoms with Crippen LogP contribution in [0.5, 0.6) is 0 Å². The van der Waals surface area contributed by atoms with Crippen molar-refractivity contribution >= 4 is 33.4 Å². The third-order valence-corrected chi connectivity index (χ3v) is 3.11. The molecule has 78 valence electrons. The van der Waals surface area contributed by atoms with E-state index in [4.69, 9.17) is 5.73 Å². The minimum atomic E-state index is 0.595. The highest BCUT2D eigenvalue weighted by Crippen LogP contribution is 2.29. The van der Waals surface area contributed by atoms with Gasteiger partial charge in [-0.05, 0) is 44.2 Å². The Morgan fingerprint density at radius 1 is 1.53 bits per heavy atom. The molecule has 0 aliphatic carbocycles. The van der Waals surface area contributed by atoms with Crippen molar-refractivity contribution in [1.82, 2.24) is 25.2 Å². The summed E-state index contributed by atoms with van der Waals surface area (Å²) in [5.41, 5.74) is 6.39. The minimum absolute atomic E-state index is 0.595. The average Bonchev–Trinajstić information content (AvgIpc) is 2.57. The molecule has 0 aromatic carbocycles. The molecule has 2 aromatic heterocycles. The highest BCUT2D eigenvalue weighted by molar-refractivity contribution is 9.10. The molecule has 15 heavy (non-hydrogen) atoms. The van der Waals surface area contributed by atoms with Gasteiger partial charge in [0.05, 0.1) is 5.69 Å². The molecule has 0 bridgehead atoms. The van der Waals surface area contributed by atoms with Crippen LogP contribution in [-0.2, 0) is 7.05 Å². The van der Waals surface area contributed by atoms with Crippen LogP contribution in [0.15, 0.2) is 26.9 Å². The van der Waals surface area contributed by atoms with Gasteiger partial charge in [-0.25, -0.2) is 9.67 Å². The van der Waals surface area contributed by atoms with Gasteiger partial charge in [-0.2, -0.15) is 0 Å². The second-order valence-electron chi connectivity index (χ2n) is 2.74. The lowest BCUT2D eigenvalue weighted by atomic mass is 10.4. The molecule has 0 aliphatic rings. The van der Waals surface area contributed by atoms with Crippen LogP contribution in [0.25, 0.3) is 0 Å². The molecule has 2 heterocycles. The van der Waals surface area contributed by atoms with Crippen molar-refractivity contribution in [2.75, 3.05) is 5.73 Å². The summed E-state index contributed by atoms with van der Waals surface area (Å²) in [5.74, 6) is 0. The summed E-state index contributed by atoms with van der Waals surface area (Å²) in [6.07, 6.45) is 1.68. The molecule has 0 spiro atoms. The molecule has 0 saturated carbocycles. The number of aryl methyl sites for hydroxylation is 1. The second-order valence-corrected chi connectivity index (χ2v) is 4.61. The lowest BCUT2D eigenvalue weighted by Crippen LogP contribution is -1.96. The molecular formula is C7H7BrN6S. The summed E-state index contributed by atoms with van der Waals surface area (Å²) in [7, 11) is 1.76. The zero-order valence-corrected chi connectivity index (χ0v) is 10.2. The number of anilines is 1. The zero-order chi connectivity index (χ0) is 10.8. The molecule has 2 N–H and O–H groups in total. The Morgan fingerprint density at radius 2 is 2.33 bits per heavy atom. The largest absolute Gasteiger partial charge is 0.396 e. The Kier molecular flexibility index (Phi) is 2.87. The molecule has 6 nitrogen and oxygen atoms in total. The molecular weight excluding hydrogens is 280 g/mol. The summed E-state index contributed by atoms with van der Waals surface area (Å²) in [5, 5.41) is 12.4. The van der Waals surface area contributed by atoms with E-state index < -0.39 is 0 Å². The normalized spacial score (nSPS) is 10.5. The maximum Gasteiger partial charge on any atom is 0.215 e.